The van der Waals surface area contributed by atoms with E-state index in [4.69, 9.17) is 5.73 Å². The second-order valence-corrected chi connectivity index (χ2v) is 4.93. The van der Waals surface area contributed by atoms with Crippen molar-refractivity contribution in [2.75, 3.05) is 12.3 Å². The third kappa shape index (κ3) is 3.85. The number of hydrogen-bond acceptors (Lipinski definition) is 3. The number of rotatable bonds is 5. The summed E-state index contributed by atoms with van der Waals surface area (Å²) in [6.07, 6.45) is 0.795. The number of hydrogen-bond donors (Lipinski definition) is 2. The molecule has 0 unspecified atom stereocenters. The Balaban J connectivity index is 1.78. The summed E-state index contributed by atoms with van der Waals surface area (Å²) < 4.78 is 1.72. The molecule has 0 spiro atoms. The molecule has 1 amide bonds. The van der Waals surface area contributed by atoms with Gasteiger partial charge < -0.3 is 11.1 Å². The fourth-order valence-electron chi connectivity index (χ4n) is 2.06. The van der Waals surface area contributed by atoms with Crippen molar-refractivity contribution in [2.24, 2.45) is 0 Å². The minimum absolute atomic E-state index is 0.0216. The highest BCUT2D eigenvalue weighted by Crippen LogP contribution is 2.05. The zero-order valence-corrected chi connectivity index (χ0v) is 11.9. The summed E-state index contributed by atoms with van der Waals surface area (Å²) in [6, 6.07) is 9.65. The first-order chi connectivity index (χ1) is 9.54. The molecular formula is C15H20N4O. The van der Waals surface area contributed by atoms with Crippen LogP contribution in [0.5, 0.6) is 0 Å². The average molecular weight is 272 g/mol. The Bertz CT molecular complexity index is 586. The van der Waals surface area contributed by atoms with Gasteiger partial charge in [-0.1, -0.05) is 12.1 Å². The van der Waals surface area contributed by atoms with E-state index < -0.39 is 0 Å². The number of carbonyl (C=O) groups is 1. The van der Waals surface area contributed by atoms with Crippen molar-refractivity contribution in [1.82, 2.24) is 15.1 Å². The highest BCUT2D eigenvalue weighted by Gasteiger charge is 2.06. The molecule has 0 fully saturated rings. The summed E-state index contributed by atoms with van der Waals surface area (Å²) in [7, 11) is 0. The van der Waals surface area contributed by atoms with Crippen LogP contribution in [0.1, 0.15) is 17.0 Å². The molecule has 0 aliphatic heterocycles. The van der Waals surface area contributed by atoms with Crippen LogP contribution in [0, 0.1) is 13.8 Å². The SMILES string of the molecule is Cc1cc(C)n(CC(=O)NCCc2ccc(N)cc2)n1. The maximum Gasteiger partial charge on any atom is 0.241 e. The van der Waals surface area contributed by atoms with Gasteiger partial charge in [-0.15, -0.1) is 0 Å². The van der Waals surface area contributed by atoms with E-state index in [1.807, 2.05) is 44.2 Å². The largest absolute Gasteiger partial charge is 0.399 e. The fourth-order valence-corrected chi connectivity index (χ4v) is 2.06. The summed E-state index contributed by atoms with van der Waals surface area (Å²) in [4.78, 5) is 11.8. The van der Waals surface area contributed by atoms with Crippen molar-refractivity contribution < 1.29 is 4.79 Å². The maximum atomic E-state index is 11.8. The normalized spacial score (nSPS) is 10.5. The predicted molar refractivity (Wildman–Crippen MR) is 79.3 cm³/mol. The van der Waals surface area contributed by atoms with Crippen molar-refractivity contribution >= 4 is 11.6 Å². The summed E-state index contributed by atoms with van der Waals surface area (Å²) in [5.41, 5.74) is 9.46. The van der Waals surface area contributed by atoms with Crippen LogP contribution in [-0.4, -0.2) is 22.2 Å². The number of nitrogens with two attached hydrogens (primary N) is 1. The number of nitrogen functional groups attached to an aromatic ring is 1. The van der Waals surface area contributed by atoms with Gasteiger partial charge in [-0.2, -0.15) is 5.10 Å². The van der Waals surface area contributed by atoms with Crippen LogP contribution in [-0.2, 0) is 17.8 Å². The highest BCUT2D eigenvalue weighted by atomic mass is 16.2. The van der Waals surface area contributed by atoms with Crippen LogP contribution in [0.4, 0.5) is 5.69 Å². The smallest absolute Gasteiger partial charge is 0.241 e. The van der Waals surface area contributed by atoms with Crippen molar-refractivity contribution in [2.45, 2.75) is 26.8 Å². The third-order valence-corrected chi connectivity index (χ3v) is 3.11. The summed E-state index contributed by atoms with van der Waals surface area (Å²) in [5.74, 6) is -0.0216. The zero-order valence-electron chi connectivity index (χ0n) is 11.9. The average Bonchev–Trinajstić information content (AvgIpc) is 2.70. The predicted octanol–water partition coefficient (Wildman–Crippen LogP) is 1.44. The molecule has 0 saturated heterocycles. The fraction of sp³-hybridized carbons (Fsp3) is 0.333. The monoisotopic (exact) mass is 272 g/mol. The first-order valence-corrected chi connectivity index (χ1v) is 6.67. The Morgan fingerprint density at radius 3 is 2.60 bits per heavy atom. The van der Waals surface area contributed by atoms with E-state index in [1.165, 1.54) is 0 Å². The molecule has 2 aromatic rings. The van der Waals surface area contributed by atoms with Crippen molar-refractivity contribution in [3.05, 3.63) is 47.3 Å². The number of nitrogens with zero attached hydrogens (tertiary/aromatic N) is 2. The maximum absolute atomic E-state index is 11.8. The summed E-state index contributed by atoms with van der Waals surface area (Å²) in [6.45, 7) is 4.74. The molecule has 1 aromatic carbocycles. The molecule has 106 valence electrons. The quantitative estimate of drug-likeness (QED) is 0.809. The van der Waals surface area contributed by atoms with Gasteiger partial charge in [0.05, 0.1) is 5.69 Å². The van der Waals surface area contributed by atoms with E-state index in [0.717, 1.165) is 29.1 Å². The van der Waals surface area contributed by atoms with E-state index in [0.29, 0.717) is 6.54 Å². The molecule has 2 rings (SSSR count). The number of aromatic nitrogens is 2. The minimum atomic E-state index is -0.0216. The van der Waals surface area contributed by atoms with Gasteiger partial charge in [0.15, 0.2) is 0 Å². The van der Waals surface area contributed by atoms with Crippen LogP contribution in [0.15, 0.2) is 30.3 Å². The second-order valence-electron chi connectivity index (χ2n) is 4.93. The first-order valence-electron chi connectivity index (χ1n) is 6.67. The molecule has 0 aliphatic rings. The number of amides is 1. The lowest BCUT2D eigenvalue weighted by atomic mass is 10.1. The van der Waals surface area contributed by atoms with Gasteiger partial charge in [0, 0.05) is 17.9 Å². The van der Waals surface area contributed by atoms with E-state index in [9.17, 15) is 4.79 Å². The van der Waals surface area contributed by atoms with E-state index in [2.05, 4.69) is 10.4 Å². The summed E-state index contributed by atoms with van der Waals surface area (Å²) >= 11 is 0. The number of anilines is 1. The van der Waals surface area contributed by atoms with Crippen LogP contribution in [0.2, 0.25) is 0 Å². The van der Waals surface area contributed by atoms with Gasteiger partial charge in [0.1, 0.15) is 6.54 Å². The van der Waals surface area contributed by atoms with Gasteiger partial charge in [-0.25, -0.2) is 0 Å². The Labute approximate surface area is 118 Å². The molecule has 5 heteroatoms. The molecule has 0 bridgehead atoms. The van der Waals surface area contributed by atoms with Gasteiger partial charge >= 0.3 is 0 Å². The lowest BCUT2D eigenvalue weighted by Crippen LogP contribution is -2.30. The molecule has 0 saturated carbocycles. The van der Waals surface area contributed by atoms with Crippen molar-refractivity contribution in [3.8, 4) is 0 Å². The summed E-state index contributed by atoms with van der Waals surface area (Å²) in [5, 5.41) is 7.17. The molecule has 0 radical (unpaired) electrons. The van der Waals surface area contributed by atoms with E-state index in [-0.39, 0.29) is 12.5 Å². The van der Waals surface area contributed by atoms with E-state index >= 15 is 0 Å². The standard InChI is InChI=1S/C15H20N4O/c1-11-9-12(2)19(18-11)10-15(20)17-8-7-13-3-5-14(16)6-4-13/h3-6,9H,7-8,10,16H2,1-2H3,(H,17,20). The van der Waals surface area contributed by atoms with Crippen molar-refractivity contribution in [3.63, 3.8) is 0 Å². The van der Waals surface area contributed by atoms with Gasteiger partial charge in [-0.3, -0.25) is 9.48 Å². The lowest BCUT2D eigenvalue weighted by molar-refractivity contribution is -0.121. The van der Waals surface area contributed by atoms with Crippen LogP contribution >= 0.6 is 0 Å². The molecule has 20 heavy (non-hydrogen) atoms. The van der Waals surface area contributed by atoms with Crippen LogP contribution in [0.25, 0.3) is 0 Å². The number of benzene rings is 1. The van der Waals surface area contributed by atoms with Crippen LogP contribution in [0.3, 0.4) is 0 Å². The Morgan fingerprint density at radius 2 is 2.00 bits per heavy atom. The van der Waals surface area contributed by atoms with Gasteiger partial charge in [0.25, 0.3) is 0 Å². The molecule has 3 N–H and O–H groups in total. The number of carbonyl (C=O) groups excluding carboxylic acids is 1. The van der Waals surface area contributed by atoms with Gasteiger partial charge in [0.2, 0.25) is 5.91 Å². The molecule has 0 atom stereocenters. The third-order valence-electron chi connectivity index (χ3n) is 3.11. The Kier molecular flexibility index (Phi) is 4.40. The molecular weight excluding hydrogens is 252 g/mol. The molecule has 5 nitrogen and oxygen atoms in total. The Morgan fingerprint density at radius 1 is 1.30 bits per heavy atom. The van der Waals surface area contributed by atoms with Crippen molar-refractivity contribution in [1.29, 1.82) is 0 Å². The van der Waals surface area contributed by atoms with Gasteiger partial charge in [-0.05, 0) is 44.0 Å². The minimum Gasteiger partial charge on any atom is -0.399 e. The molecule has 0 aliphatic carbocycles. The number of aryl methyl sites for hydroxylation is 2. The first kappa shape index (κ1) is 14.1. The highest BCUT2D eigenvalue weighted by molar-refractivity contribution is 5.75. The number of nitrogens with one attached hydrogen (secondary N) is 1. The van der Waals surface area contributed by atoms with Crippen LogP contribution < -0.4 is 11.1 Å². The topological polar surface area (TPSA) is 72.9 Å². The lowest BCUT2D eigenvalue weighted by Gasteiger charge is -2.07. The Hall–Kier alpha value is -2.30. The molecule has 1 aromatic heterocycles. The zero-order chi connectivity index (χ0) is 14.5. The van der Waals surface area contributed by atoms with E-state index in [1.54, 1.807) is 4.68 Å². The second kappa shape index (κ2) is 6.23. The molecule has 1 heterocycles.